The van der Waals surface area contributed by atoms with Crippen molar-refractivity contribution in [2.24, 2.45) is 5.92 Å². The molecule has 208 valence electrons. The number of methoxy groups -OCH3 is 1. The van der Waals surface area contributed by atoms with Gasteiger partial charge in [0.2, 0.25) is 5.91 Å². The average molecular weight is 526 g/mol. The molecule has 2 aromatic carbocycles. The van der Waals surface area contributed by atoms with Crippen molar-refractivity contribution in [2.75, 3.05) is 12.4 Å². The Hall–Kier alpha value is -3.55. The maximum Gasteiger partial charge on any atom is 0.408 e. The van der Waals surface area contributed by atoms with Gasteiger partial charge in [-0.3, -0.25) is 9.59 Å². The van der Waals surface area contributed by atoms with Crippen molar-refractivity contribution in [1.82, 2.24) is 10.2 Å². The van der Waals surface area contributed by atoms with E-state index < -0.39 is 23.8 Å². The molecule has 3 atom stereocenters. The topological polar surface area (TPSA) is 97.0 Å². The van der Waals surface area contributed by atoms with Crippen LogP contribution in [0.15, 0.2) is 48.5 Å². The van der Waals surface area contributed by atoms with E-state index in [9.17, 15) is 14.4 Å². The van der Waals surface area contributed by atoms with Gasteiger partial charge in [0.25, 0.3) is 5.91 Å². The summed E-state index contributed by atoms with van der Waals surface area (Å²) >= 11 is 0. The number of rotatable bonds is 10. The number of benzene rings is 2. The molecule has 0 aliphatic carbocycles. The second kappa shape index (κ2) is 13.3. The summed E-state index contributed by atoms with van der Waals surface area (Å²) in [6.07, 6.45) is -0.0276. The predicted molar refractivity (Wildman–Crippen MR) is 150 cm³/mol. The maximum absolute atomic E-state index is 14.2. The fourth-order valence-electron chi connectivity index (χ4n) is 4.03. The van der Waals surface area contributed by atoms with Crippen molar-refractivity contribution in [1.29, 1.82) is 0 Å². The first-order chi connectivity index (χ1) is 17.8. The van der Waals surface area contributed by atoms with Crippen LogP contribution in [-0.4, -0.2) is 47.6 Å². The molecule has 0 saturated carbocycles. The Balaban J connectivity index is 2.50. The normalized spacial score (nSPS) is 13.7. The highest BCUT2D eigenvalue weighted by molar-refractivity contribution is 5.99. The minimum atomic E-state index is -0.933. The monoisotopic (exact) mass is 525 g/mol. The second-order valence-corrected chi connectivity index (χ2v) is 10.9. The molecule has 2 N–H and O–H groups in total. The summed E-state index contributed by atoms with van der Waals surface area (Å²) in [7, 11) is 1.58. The summed E-state index contributed by atoms with van der Waals surface area (Å²) < 4.78 is 10.7. The zero-order valence-electron chi connectivity index (χ0n) is 24.1. The van der Waals surface area contributed by atoms with E-state index in [1.54, 1.807) is 57.0 Å². The number of carbonyl (C=O) groups is 3. The smallest absolute Gasteiger partial charge is 0.408 e. The van der Waals surface area contributed by atoms with Crippen LogP contribution in [-0.2, 0) is 14.3 Å². The number of nitrogens with one attached hydrogen (secondary N) is 2. The number of hydrogen-bond donors (Lipinski definition) is 2. The van der Waals surface area contributed by atoms with Crippen molar-refractivity contribution < 1.29 is 23.9 Å². The van der Waals surface area contributed by atoms with Gasteiger partial charge >= 0.3 is 6.09 Å². The summed E-state index contributed by atoms with van der Waals surface area (Å²) in [6.45, 7) is 14.8. The average Bonchev–Trinajstić information content (AvgIpc) is 2.84. The molecule has 0 radical (unpaired) electrons. The molecule has 0 aromatic heterocycles. The number of ether oxygens (including phenoxy) is 2. The molecule has 0 aliphatic heterocycles. The summed E-state index contributed by atoms with van der Waals surface area (Å²) in [5.74, 6) is -0.238. The van der Waals surface area contributed by atoms with Crippen molar-refractivity contribution in [3.05, 3.63) is 59.7 Å². The number of anilines is 1. The molecule has 2 rings (SSSR count). The van der Waals surface area contributed by atoms with Crippen LogP contribution in [0.25, 0.3) is 0 Å². The maximum atomic E-state index is 14.2. The molecule has 0 fully saturated rings. The molecule has 8 nitrogen and oxygen atoms in total. The highest BCUT2D eigenvalue weighted by Gasteiger charge is 2.39. The first-order valence-corrected chi connectivity index (χ1v) is 13.1. The Morgan fingerprint density at radius 3 is 2.00 bits per heavy atom. The van der Waals surface area contributed by atoms with Gasteiger partial charge in [-0.1, -0.05) is 50.1 Å². The number of nitrogens with zero attached hydrogens (tertiary/aromatic N) is 1. The minimum absolute atomic E-state index is 0.195. The third-order valence-electron chi connectivity index (χ3n) is 6.24. The minimum Gasteiger partial charge on any atom is -0.497 e. The molecular weight excluding hydrogens is 482 g/mol. The van der Waals surface area contributed by atoms with Gasteiger partial charge in [-0.05, 0) is 77.3 Å². The van der Waals surface area contributed by atoms with E-state index in [1.165, 1.54) is 0 Å². The molecule has 0 spiro atoms. The lowest BCUT2D eigenvalue weighted by atomic mass is 9.94. The van der Waals surface area contributed by atoms with Gasteiger partial charge in [-0.15, -0.1) is 0 Å². The number of carbonyl (C=O) groups excluding carboxylic acids is 3. The Morgan fingerprint density at radius 2 is 1.53 bits per heavy atom. The third-order valence-corrected chi connectivity index (χ3v) is 6.24. The van der Waals surface area contributed by atoms with E-state index >= 15 is 0 Å². The number of aryl methyl sites for hydroxylation is 1. The van der Waals surface area contributed by atoms with Crippen molar-refractivity contribution in [3.8, 4) is 5.75 Å². The van der Waals surface area contributed by atoms with Gasteiger partial charge in [-0.25, -0.2) is 4.79 Å². The summed E-state index contributed by atoms with van der Waals surface area (Å²) in [4.78, 5) is 42.2. The van der Waals surface area contributed by atoms with Crippen LogP contribution in [0.1, 0.15) is 72.1 Å². The molecule has 2 aromatic rings. The SMILES string of the molecule is CCC(C)C(NC(=O)OC(C)(C)C)C(=O)N(C(C)C)C(C(=O)Nc1ccc(OC)cc1)c1ccc(C)cc1. The van der Waals surface area contributed by atoms with E-state index in [-0.39, 0.29) is 23.8 Å². The van der Waals surface area contributed by atoms with Crippen LogP contribution in [0.5, 0.6) is 5.75 Å². The van der Waals surface area contributed by atoms with E-state index in [2.05, 4.69) is 10.6 Å². The van der Waals surface area contributed by atoms with Gasteiger partial charge in [-0.2, -0.15) is 0 Å². The van der Waals surface area contributed by atoms with Gasteiger partial charge < -0.3 is 25.0 Å². The lowest BCUT2D eigenvalue weighted by molar-refractivity contribution is -0.144. The third kappa shape index (κ3) is 8.50. The molecule has 0 aliphatic rings. The highest BCUT2D eigenvalue weighted by Crippen LogP contribution is 2.28. The van der Waals surface area contributed by atoms with E-state index in [0.29, 0.717) is 23.4 Å². The van der Waals surface area contributed by atoms with E-state index in [4.69, 9.17) is 9.47 Å². The van der Waals surface area contributed by atoms with Gasteiger partial charge in [0.05, 0.1) is 7.11 Å². The van der Waals surface area contributed by atoms with E-state index in [1.807, 2.05) is 58.9 Å². The molecule has 0 saturated heterocycles. The molecule has 0 heterocycles. The molecular formula is C30H43N3O5. The quantitative estimate of drug-likeness (QED) is 0.405. The van der Waals surface area contributed by atoms with Crippen molar-refractivity contribution in [3.63, 3.8) is 0 Å². The highest BCUT2D eigenvalue weighted by atomic mass is 16.6. The standard InChI is InChI=1S/C30H43N3O5/c1-10-21(5)25(32-29(36)38-30(6,7)8)28(35)33(19(2)3)26(22-13-11-20(4)12-14-22)27(34)31-23-15-17-24(37-9)18-16-23/h11-19,21,25-26H,10H2,1-9H3,(H,31,34)(H,32,36). The lowest BCUT2D eigenvalue weighted by Crippen LogP contribution is -2.56. The summed E-state index contributed by atoms with van der Waals surface area (Å²) in [5, 5.41) is 5.73. The van der Waals surface area contributed by atoms with Gasteiger partial charge in [0.1, 0.15) is 23.4 Å². The Kier molecular flexibility index (Phi) is 10.7. The van der Waals surface area contributed by atoms with Crippen LogP contribution in [0.2, 0.25) is 0 Å². The van der Waals surface area contributed by atoms with Crippen LogP contribution in [0.3, 0.4) is 0 Å². The Morgan fingerprint density at radius 1 is 0.947 bits per heavy atom. The lowest BCUT2D eigenvalue weighted by Gasteiger charge is -2.38. The van der Waals surface area contributed by atoms with Crippen LogP contribution < -0.4 is 15.4 Å². The van der Waals surface area contributed by atoms with Crippen molar-refractivity contribution >= 4 is 23.6 Å². The predicted octanol–water partition coefficient (Wildman–Crippen LogP) is 5.86. The molecule has 0 bridgehead atoms. The fourth-order valence-corrected chi connectivity index (χ4v) is 4.03. The summed E-state index contributed by atoms with van der Waals surface area (Å²) in [6, 6.07) is 12.4. The van der Waals surface area contributed by atoms with Gasteiger partial charge in [0, 0.05) is 11.7 Å². The zero-order chi connectivity index (χ0) is 28.6. The molecule has 8 heteroatoms. The number of amides is 3. The van der Waals surface area contributed by atoms with Gasteiger partial charge in [0.15, 0.2) is 0 Å². The Bertz CT molecular complexity index is 1070. The molecule has 38 heavy (non-hydrogen) atoms. The van der Waals surface area contributed by atoms with Crippen LogP contribution >= 0.6 is 0 Å². The second-order valence-electron chi connectivity index (χ2n) is 10.9. The largest absolute Gasteiger partial charge is 0.497 e. The van der Waals surface area contributed by atoms with Crippen LogP contribution in [0.4, 0.5) is 10.5 Å². The first-order valence-electron chi connectivity index (χ1n) is 13.1. The molecule has 3 amide bonds. The first kappa shape index (κ1) is 30.7. The Labute approximate surface area is 227 Å². The number of hydrogen-bond acceptors (Lipinski definition) is 5. The fraction of sp³-hybridized carbons (Fsp3) is 0.500. The summed E-state index contributed by atoms with van der Waals surface area (Å²) in [5.41, 5.74) is 1.57. The van der Waals surface area contributed by atoms with Crippen LogP contribution in [0, 0.1) is 12.8 Å². The zero-order valence-corrected chi connectivity index (χ0v) is 24.1. The van der Waals surface area contributed by atoms with Crippen molar-refractivity contribution in [2.45, 2.75) is 85.5 Å². The van der Waals surface area contributed by atoms with E-state index in [0.717, 1.165) is 5.56 Å². The molecule has 3 unspecified atom stereocenters. The number of alkyl carbamates (subject to hydrolysis) is 1.